The molecule has 9 heteroatoms. The van der Waals surface area contributed by atoms with E-state index in [1.165, 1.54) is 23.5 Å². The number of benzene rings is 2. The van der Waals surface area contributed by atoms with E-state index >= 15 is 0 Å². The van der Waals surface area contributed by atoms with Gasteiger partial charge in [0.2, 0.25) is 0 Å². The number of aryl methyl sites for hydroxylation is 2. The Labute approximate surface area is 200 Å². The van der Waals surface area contributed by atoms with E-state index in [1.807, 2.05) is 13.0 Å². The van der Waals surface area contributed by atoms with E-state index in [-0.39, 0.29) is 23.2 Å². The number of nitrogens with zero attached hydrogens (tertiary/aromatic N) is 3. The SMILES string of the molecule is CCN(CC)CCN(C(=O)c1cccc(S(C)(=O)=O)c1)c1nc2cc(C)cc(C)c2s1.Cl. The van der Waals surface area contributed by atoms with Gasteiger partial charge in [0.1, 0.15) is 0 Å². The number of carbonyl (C=O) groups excluding carboxylic acids is 1. The van der Waals surface area contributed by atoms with Crippen LogP contribution in [0.3, 0.4) is 0 Å². The molecule has 0 unspecified atom stereocenters. The summed E-state index contributed by atoms with van der Waals surface area (Å²) in [7, 11) is -3.41. The minimum Gasteiger partial charge on any atom is -0.302 e. The van der Waals surface area contributed by atoms with E-state index < -0.39 is 9.84 Å². The number of aromatic nitrogens is 1. The number of carbonyl (C=O) groups is 1. The smallest absolute Gasteiger partial charge is 0.260 e. The molecule has 6 nitrogen and oxygen atoms in total. The number of halogens is 1. The number of thiazole rings is 1. The van der Waals surface area contributed by atoms with Crippen LogP contribution in [0.1, 0.15) is 35.3 Å². The maximum Gasteiger partial charge on any atom is 0.260 e. The van der Waals surface area contributed by atoms with Gasteiger partial charge in [-0.15, -0.1) is 12.4 Å². The molecule has 0 saturated heterocycles. The molecule has 0 atom stereocenters. The van der Waals surface area contributed by atoms with E-state index in [1.54, 1.807) is 17.0 Å². The van der Waals surface area contributed by atoms with Gasteiger partial charge in [-0.3, -0.25) is 9.69 Å². The molecule has 0 fully saturated rings. The Morgan fingerprint density at radius 1 is 1.06 bits per heavy atom. The van der Waals surface area contributed by atoms with Crippen LogP contribution in [0.2, 0.25) is 0 Å². The third-order valence-electron chi connectivity index (χ3n) is 5.33. The first-order chi connectivity index (χ1) is 14.6. The normalized spacial score (nSPS) is 11.6. The summed E-state index contributed by atoms with van der Waals surface area (Å²) in [4.78, 5) is 22.4. The molecule has 3 aromatic rings. The van der Waals surface area contributed by atoms with Crippen LogP contribution < -0.4 is 4.90 Å². The van der Waals surface area contributed by atoms with Crippen LogP contribution in [0.4, 0.5) is 5.13 Å². The van der Waals surface area contributed by atoms with Gasteiger partial charge in [-0.1, -0.05) is 37.3 Å². The van der Waals surface area contributed by atoms with E-state index in [0.717, 1.165) is 40.7 Å². The van der Waals surface area contributed by atoms with Crippen molar-refractivity contribution in [2.45, 2.75) is 32.6 Å². The van der Waals surface area contributed by atoms with Crippen LogP contribution in [0, 0.1) is 13.8 Å². The second-order valence-electron chi connectivity index (χ2n) is 7.71. The van der Waals surface area contributed by atoms with E-state index in [0.29, 0.717) is 23.8 Å². The predicted octanol–water partition coefficient (Wildman–Crippen LogP) is 4.73. The van der Waals surface area contributed by atoms with E-state index in [9.17, 15) is 13.2 Å². The van der Waals surface area contributed by atoms with Gasteiger partial charge in [-0.2, -0.15) is 0 Å². The van der Waals surface area contributed by atoms with Crippen molar-refractivity contribution >= 4 is 54.8 Å². The van der Waals surface area contributed by atoms with Crippen LogP contribution >= 0.6 is 23.7 Å². The monoisotopic (exact) mass is 495 g/mol. The maximum absolute atomic E-state index is 13.5. The van der Waals surface area contributed by atoms with Gasteiger partial charge >= 0.3 is 0 Å². The predicted molar refractivity (Wildman–Crippen MR) is 135 cm³/mol. The summed E-state index contributed by atoms with van der Waals surface area (Å²) < 4.78 is 25.0. The van der Waals surface area contributed by atoms with E-state index in [2.05, 4.69) is 31.7 Å². The average Bonchev–Trinajstić information content (AvgIpc) is 3.14. The molecule has 0 aliphatic heterocycles. The molecule has 0 N–H and O–H groups in total. The summed E-state index contributed by atoms with van der Waals surface area (Å²) in [6.07, 6.45) is 1.15. The van der Waals surface area contributed by atoms with Crippen LogP contribution in [-0.2, 0) is 9.84 Å². The van der Waals surface area contributed by atoms with Crippen LogP contribution in [0.5, 0.6) is 0 Å². The molecule has 0 aliphatic rings. The fourth-order valence-electron chi connectivity index (χ4n) is 3.56. The lowest BCUT2D eigenvalue weighted by Gasteiger charge is -2.25. The number of rotatable bonds is 8. The molecule has 0 spiro atoms. The molecular formula is C23H30ClN3O3S2. The summed E-state index contributed by atoms with van der Waals surface area (Å²) in [6.45, 7) is 11.2. The van der Waals surface area contributed by atoms with Crippen molar-refractivity contribution in [1.29, 1.82) is 0 Å². The number of anilines is 1. The number of fused-ring (bicyclic) bond motifs is 1. The molecule has 1 heterocycles. The summed E-state index contributed by atoms with van der Waals surface area (Å²) in [5, 5.41) is 0.630. The summed E-state index contributed by atoms with van der Waals surface area (Å²) in [6, 6.07) is 10.4. The molecule has 0 aliphatic carbocycles. The molecule has 32 heavy (non-hydrogen) atoms. The summed E-state index contributed by atoms with van der Waals surface area (Å²) in [5.74, 6) is -0.244. The Bertz CT molecular complexity index is 1200. The third-order valence-corrected chi connectivity index (χ3v) is 7.67. The number of hydrogen-bond acceptors (Lipinski definition) is 6. The first-order valence-corrected chi connectivity index (χ1v) is 13.1. The number of hydrogen-bond donors (Lipinski definition) is 0. The van der Waals surface area contributed by atoms with Crippen LogP contribution in [0.15, 0.2) is 41.3 Å². The zero-order chi connectivity index (χ0) is 22.8. The second kappa shape index (κ2) is 10.7. The Balaban J connectivity index is 0.00000363. The molecule has 0 radical (unpaired) electrons. The standard InChI is InChI=1S/C23H29N3O3S2.ClH/c1-6-25(7-2)11-12-26(22(27)18-9-8-10-19(15-18)31(5,28)29)23-24-20-14-16(3)13-17(4)21(20)30-23;/h8-10,13-15H,6-7,11-12H2,1-5H3;1H. The van der Waals surface area contributed by atoms with Crippen molar-refractivity contribution < 1.29 is 13.2 Å². The minimum absolute atomic E-state index is 0. The number of sulfone groups is 1. The highest BCUT2D eigenvalue weighted by Crippen LogP contribution is 2.33. The summed E-state index contributed by atoms with van der Waals surface area (Å²) >= 11 is 1.50. The molecule has 0 bridgehead atoms. The highest BCUT2D eigenvalue weighted by molar-refractivity contribution is 7.90. The first-order valence-electron chi connectivity index (χ1n) is 10.4. The van der Waals surface area contributed by atoms with Crippen molar-refractivity contribution in [2.75, 3.05) is 37.3 Å². The highest BCUT2D eigenvalue weighted by atomic mass is 35.5. The fourth-order valence-corrected chi connectivity index (χ4v) is 5.27. The molecule has 1 aromatic heterocycles. The van der Waals surface area contributed by atoms with E-state index in [4.69, 9.17) is 4.98 Å². The Morgan fingerprint density at radius 2 is 1.75 bits per heavy atom. The summed E-state index contributed by atoms with van der Waals surface area (Å²) in [5.41, 5.74) is 3.48. The number of likely N-dealkylation sites (N-methyl/N-ethyl adjacent to an activating group) is 1. The molecular weight excluding hydrogens is 466 g/mol. The van der Waals surface area contributed by atoms with Crippen molar-refractivity contribution in [3.8, 4) is 0 Å². The molecule has 0 saturated carbocycles. The Morgan fingerprint density at radius 3 is 2.38 bits per heavy atom. The lowest BCUT2D eigenvalue weighted by molar-refractivity contribution is 0.0983. The van der Waals surface area contributed by atoms with Crippen LogP contribution in [0.25, 0.3) is 10.2 Å². The first kappa shape index (κ1) is 26.3. The molecule has 174 valence electrons. The quantitative estimate of drug-likeness (QED) is 0.452. The fraction of sp³-hybridized carbons (Fsp3) is 0.391. The van der Waals surface area contributed by atoms with Gasteiger partial charge < -0.3 is 4.90 Å². The highest BCUT2D eigenvalue weighted by Gasteiger charge is 2.23. The van der Waals surface area contributed by atoms with Crippen LogP contribution in [-0.4, -0.2) is 56.6 Å². The lowest BCUT2D eigenvalue weighted by Crippen LogP contribution is -2.38. The number of amides is 1. The van der Waals surface area contributed by atoms with Gasteiger partial charge in [-0.25, -0.2) is 13.4 Å². The average molecular weight is 496 g/mol. The van der Waals surface area contributed by atoms with Gasteiger partial charge in [-0.05, 0) is 62.3 Å². The third kappa shape index (κ3) is 5.86. The van der Waals surface area contributed by atoms with Gasteiger partial charge in [0.15, 0.2) is 15.0 Å². The van der Waals surface area contributed by atoms with Crippen molar-refractivity contribution in [3.63, 3.8) is 0 Å². The molecule has 3 rings (SSSR count). The van der Waals surface area contributed by atoms with Crippen molar-refractivity contribution in [2.24, 2.45) is 0 Å². The maximum atomic E-state index is 13.5. The Kier molecular flexibility index (Phi) is 8.82. The molecule has 2 aromatic carbocycles. The second-order valence-corrected chi connectivity index (χ2v) is 10.7. The van der Waals surface area contributed by atoms with Crippen molar-refractivity contribution in [3.05, 3.63) is 53.1 Å². The topological polar surface area (TPSA) is 70.6 Å². The van der Waals surface area contributed by atoms with Gasteiger partial charge in [0.05, 0.1) is 15.1 Å². The minimum atomic E-state index is -3.41. The van der Waals surface area contributed by atoms with Gasteiger partial charge in [0.25, 0.3) is 5.91 Å². The zero-order valence-corrected chi connectivity index (χ0v) is 21.5. The lowest BCUT2D eigenvalue weighted by atomic mass is 10.1. The van der Waals surface area contributed by atoms with Crippen molar-refractivity contribution in [1.82, 2.24) is 9.88 Å². The molecule has 1 amide bonds. The zero-order valence-electron chi connectivity index (χ0n) is 19.1. The Hall–Kier alpha value is -2.00. The van der Waals surface area contributed by atoms with Gasteiger partial charge in [0, 0.05) is 24.9 Å². The largest absolute Gasteiger partial charge is 0.302 e.